The number of sulfonamides is 1. The second-order valence-corrected chi connectivity index (χ2v) is 12.4. The standard InChI is InChI=1S/C30H38N6O4S/c1-5-32-29(30(38)34-24-7-9-28(33-18-24)35-41(4,39)40)27-15-22(6-8-26(27)20(2)3)23-14-21(16-31-17-23)19-36-12-10-25(37)11-13-36/h6-9,14-18,20,25,37H,5,10-13,19H2,1-4H3,(H,33,35)(H,34,38). The van der Waals surface area contributed by atoms with Crippen LogP contribution < -0.4 is 10.0 Å². The van der Waals surface area contributed by atoms with Gasteiger partial charge in [0, 0.05) is 49.7 Å². The van der Waals surface area contributed by atoms with Gasteiger partial charge in [0.15, 0.2) is 0 Å². The van der Waals surface area contributed by atoms with Gasteiger partial charge in [-0.25, -0.2) is 13.4 Å². The van der Waals surface area contributed by atoms with Gasteiger partial charge in [0.25, 0.3) is 5.91 Å². The summed E-state index contributed by atoms with van der Waals surface area (Å²) < 4.78 is 25.2. The van der Waals surface area contributed by atoms with E-state index in [0.29, 0.717) is 17.9 Å². The zero-order valence-electron chi connectivity index (χ0n) is 24.0. The summed E-state index contributed by atoms with van der Waals surface area (Å²) in [6, 6.07) is 11.3. The van der Waals surface area contributed by atoms with Crippen molar-refractivity contribution in [2.24, 2.45) is 4.99 Å². The fourth-order valence-corrected chi connectivity index (χ4v) is 5.36. The first-order valence-electron chi connectivity index (χ1n) is 13.8. The number of aliphatic hydroxyl groups excluding tert-OH is 1. The lowest BCUT2D eigenvalue weighted by Crippen LogP contribution is -2.35. The van der Waals surface area contributed by atoms with Crippen molar-refractivity contribution in [3.8, 4) is 11.1 Å². The van der Waals surface area contributed by atoms with Gasteiger partial charge in [-0.05, 0) is 66.6 Å². The molecule has 1 aliphatic heterocycles. The Morgan fingerprint density at radius 2 is 1.85 bits per heavy atom. The van der Waals surface area contributed by atoms with Crippen LogP contribution in [0.2, 0.25) is 0 Å². The maximum Gasteiger partial charge on any atom is 0.274 e. The maximum absolute atomic E-state index is 13.5. The van der Waals surface area contributed by atoms with Gasteiger partial charge in [0.05, 0.1) is 24.2 Å². The average molecular weight is 579 g/mol. The molecule has 0 saturated carbocycles. The van der Waals surface area contributed by atoms with E-state index in [1.54, 1.807) is 6.07 Å². The summed E-state index contributed by atoms with van der Waals surface area (Å²) in [5, 5.41) is 12.7. The Labute approximate surface area is 242 Å². The lowest BCUT2D eigenvalue weighted by atomic mass is 9.90. The molecule has 1 aromatic carbocycles. The van der Waals surface area contributed by atoms with Crippen LogP contribution in [0.1, 0.15) is 56.2 Å². The average Bonchev–Trinajstić information content (AvgIpc) is 2.93. The number of aromatic nitrogens is 2. The summed E-state index contributed by atoms with van der Waals surface area (Å²) in [5.74, 6) is -0.0667. The van der Waals surface area contributed by atoms with E-state index in [1.807, 2.05) is 31.5 Å². The molecule has 10 nitrogen and oxygen atoms in total. The van der Waals surface area contributed by atoms with E-state index in [4.69, 9.17) is 0 Å². The summed E-state index contributed by atoms with van der Waals surface area (Å²) in [6.07, 6.45) is 7.50. The van der Waals surface area contributed by atoms with Crippen LogP contribution in [0.4, 0.5) is 11.5 Å². The Hall–Kier alpha value is -3.67. The Bertz CT molecular complexity index is 1500. The fraction of sp³-hybridized carbons (Fsp3) is 0.400. The lowest BCUT2D eigenvalue weighted by molar-refractivity contribution is -0.110. The molecule has 1 fully saturated rings. The minimum atomic E-state index is -3.46. The van der Waals surface area contributed by atoms with Crippen molar-refractivity contribution in [3.63, 3.8) is 0 Å². The molecule has 1 saturated heterocycles. The number of amides is 1. The maximum atomic E-state index is 13.5. The fourth-order valence-electron chi connectivity index (χ4n) is 4.86. The lowest BCUT2D eigenvalue weighted by Gasteiger charge is -2.29. The van der Waals surface area contributed by atoms with E-state index in [9.17, 15) is 18.3 Å². The Morgan fingerprint density at radius 3 is 2.49 bits per heavy atom. The van der Waals surface area contributed by atoms with Crippen molar-refractivity contribution < 1.29 is 18.3 Å². The number of nitrogens with one attached hydrogen (secondary N) is 2. The topological polar surface area (TPSA) is 137 Å². The number of likely N-dealkylation sites (tertiary alicyclic amines) is 1. The summed E-state index contributed by atoms with van der Waals surface area (Å²) >= 11 is 0. The molecule has 0 radical (unpaired) electrons. The highest BCUT2D eigenvalue weighted by molar-refractivity contribution is 7.92. The molecule has 0 aliphatic carbocycles. The summed E-state index contributed by atoms with van der Waals surface area (Å²) in [4.78, 5) is 29.0. The first-order chi connectivity index (χ1) is 19.5. The number of carbonyl (C=O) groups excluding carboxylic acids is 1. The molecule has 0 atom stereocenters. The highest BCUT2D eigenvalue weighted by Gasteiger charge is 2.21. The third kappa shape index (κ3) is 8.42. The van der Waals surface area contributed by atoms with Crippen molar-refractivity contribution in [3.05, 3.63) is 71.7 Å². The van der Waals surface area contributed by atoms with Gasteiger partial charge in [-0.2, -0.15) is 0 Å². The number of hydrogen-bond donors (Lipinski definition) is 3. The number of aliphatic hydroxyl groups is 1. The van der Waals surface area contributed by atoms with Crippen LogP contribution in [0.3, 0.4) is 0 Å². The van der Waals surface area contributed by atoms with Crippen molar-refractivity contribution >= 4 is 33.1 Å². The van der Waals surface area contributed by atoms with Crippen LogP contribution in [0.5, 0.6) is 0 Å². The van der Waals surface area contributed by atoms with Crippen molar-refractivity contribution in [1.29, 1.82) is 0 Å². The van der Waals surface area contributed by atoms with Crippen LogP contribution in [-0.4, -0.2) is 72.0 Å². The van der Waals surface area contributed by atoms with Crippen molar-refractivity contribution in [1.82, 2.24) is 14.9 Å². The molecule has 1 amide bonds. The van der Waals surface area contributed by atoms with Gasteiger partial charge < -0.3 is 10.4 Å². The normalized spacial score (nSPS) is 15.2. The number of anilines is 2. The third-order valence-corrected chi connectivity index (χ3v) is 7.44. The summed E-state index contributed by atoms with van der Waals surface area (Å²) in [5.41, 5.74) is 5.45. The van der Waals surface area contributed by atoms with E-state index in [1.165, 1.54) is 12.3 Å². The predicted octanol–water partition coefficient (Wildman–Crippen LogP) is 4.04. The Kier molecular flexibility index (Phi) is 9.85. The Morgan fingerprint density at radius 1 is 1.10 bits per heavy atom. The van der Waals surface area contributed by atoms with Gasteiger partial charge in [-0.1, -0.05) is 26.0 Å². The molecule has 3 heterocycles. The monoisotopic (exact) mass is 578 g/mol. The van der Waals surface area contributed by atoms with Crippen LogP contribution in [0.25, 0.3) is 11.1 Å². The number of pyridine rings is 2. The largest absolute Gasteiger partial charge is 0.393 e. The van der Waals surface area contributed by atoms with Crippen molar-refractivity contribution in [2.75, 3.05) is 35.9 Å². The van der Waals surface area contributed by atoms with Gasteiger partial charge in [0.1, 0.15) is 11.5 Å². The molecule has 4 rings (SSSR count). The van der Waals surface area contributed by atoms with Gasteiger partial charge >= 0.3 is 0 Å². The SMILES string of the molecule is CCN=C(C(=O)Nc1ccc(NS(C)(=O)=O)nc1)c1cc(-c2cncc(CN3CCC(O)CC3)c2)ccc1C(C)C. The highest BCUT2D eigenvalue weighted by Crippen LogP contribution is 2.28. The van der Waals surface area contributed by atoms with Crippen LogP contribution >= 0.6 is 0 Å². The Balaban J connectivity index is 1.61. The molecule has 11 heteroatoms. The smallest absolute Gasteiger partial charge is 0.274 e. The molecule has 41 heavy (non-hydrogen) atoms. The summed E-state index contributed by atoms with van der Waals surface area (Å²) in [7, 11) is -3.46. The minimum absolute atomic E-state index is 0.149. The molecular weight excluding hydrogens is 540 g/mol. The molecule has 0 unspecified atom stereocenters. The number of benzene rings is 1. The van der Waals surface area contributed by atoms with Gasteiger partial charge in [0.2, 0.25) is 10.0 Å². The number of piperidine rings is 1. The first kappa shape index (κ1) is 30.3. The number of carbonyl (C=O) groups is 1. The molecule has 0 bridgehead atoms. The first-order valence-corrected chi connectivity index (χ1v) is 15.7. The molecule has 3 aromatic rings. The van der Waals surface area contributed by atoms with Gasteiger partial charge in [-0.15, -0.1) is 0 Å². The quantitative estimate of drug-likeness (QED) is 0.309. The van der Waals surface area contributed by atoms with E-state index < -0.39 is 10.0 Å². The molecule has 1 aliphatic rings. The molecular formula is C30H38N6O4S. The number of hydrogen-bond acceptors (Lipinski definition) is 8. The summed E-state index contributed by atoms with van der Waals surface area (Å²) in [6.45, 7) is 8.94. The van der Waals surface area contributed by atoms with E-state index in [2.05, 4.69) is 55.9 Å². The third-order valence-electron chi connectivity index (χ3n) is 6.86. The van der Waals surface area contributed by atoms with Crippen LogP contribution in [0.15, 0.2) is 60.0 Å². The molecule has 2 aromatic heterocycles. The number of rotatable bonds is 10. The molecule has 218 valence electrons. The van der Waals surface area contributed by atoms with Gasteiger partial charge in [-0.3, -0.25) is 24.4 Å². The highest BCUT2D eigenvalue weighted by atomic mass is 32.2. The molecule has 0 spiro atoms. The minimum Gasteiger partial charge on any atom is -0.393 e. The van der Waals surface area contributed by atoms with Crippen LogP contribution in [-0.2, 0) is 21.4 Å². The van der Waals surface area contributed by atoms with Crippen LogP contribution in [0, 0.1) is 0 Å². The van der Waals surface area contributed by atoms with E-state index in [0.717, 1.165) is 66.5 Å². The zero-order valence-corrected chi connectivity index (χ0v) is 24.8. The second-order valence-electron chi connectivity index (χ2n) is 10.6. The molecule has 3 N–H and O–H groups in total. The van der Waals surface area contributed by atoms with E-state index >= 15 is 0 Å². The van der Waals surface area contributed by atoms with E-state index in [-0.39, 0.29) is 23.7 Å². The van der Waals surface area contributed by atoms with Crippen molar-refractivity contribution in [2.45, 2.75) is 52.2 Å². The predicted molar refractivity (Wildman–Crippen MR) is 163 cm³/mol. The second kappa shape index (κ2) is 13.3. The number of nitrogens with zero attached hydrogens (tertiary/aromatic N) is 4. The zero-order chi connectivity index (χ0) is 29.6. The number of aliphatic imine (C=N–C) groups is 1.